The lowest BCUT2D eigenvalue weighted by Crippen LogP contribution is -2.27. The Hall–Kier alpha value is -0.660. The molecule has 1 N–H and O–H groups in total. The van der Waals surface area contributed by atoms with Crippen LogP contribution in [0.2, 0.25) is 0 Å². The summed E-state index contributed by atoms with van der Waals surface area (Å²) in [4.78, 5) is 11.6. The molecular weight excluding hydrogens is 308 g/mol. The first kappa shape index (κ1) is 21.3. The van der Waals surface area contributed by atoms with E-state index in [0.29, 0.717) is 0 Å². The van der Waals surface area contributed by atoms with E-state index in [9.17, 15) is 13.2 Å². The molecule has 7 heteroatoms. The summed E-state index contributed by atoms with van der Waals surface area (Å²) in [5.74, 6) is -0.507. The number of unbranched alkanes of at least 4 members (excludes halogenated alkanes) is 5. The monoisotopic (exact) mass is 338 g/mol. The molecule has 0 aliphatic heterocycles. The second-order valence-electron chi connectivity index (χ2n) is 5.63. The Morgan fingerprint density at radius 3 is 2.23 bits per heavy atom. The second-order valence-corrected chi connectivity index (χ2v) is 6.67. The average molecular weight is 338 g/mol. The van der Waals surface area contributed by atoms with Crippen molar-refractivity contribution in [3.63, 3.8) is 0 Å². The fourth-order valence-electron chi connectivity index (χ4n) is 2.16. The van der Waals surface area contributed by atoms with Gasteiger partial charge in [0.1, 0.15) is 0 Å². The maximum atomic E-state index is 11.6. The smallest absolute Gasteiger partial charge is 0.398 e. The van der Waals surface area contributed by atoms with Crippen molar-refractivity contribution < 1.29 is 26.7 Å². The Labute approximate surface area is 134 Å². The highest BCUT2D eigenvalue weighted by atomic mass is 32.3. The van der Waals surface area contributed by atoms with Gasteiger partial charge in [-0.25, -0.2) is 8.98 Å². The number of carbonyl (C=O) groups excluding carboxylic acids is 1. The van der Waals surface area contributed by atoms with Crippen molar-refractivity contribution >= 4 is 16.4 Å². The van der Waals surface area contributed by atoms with Crippen LogP contribution in [0.25, 0.3) is 0 Å². The highest BCUT2D eigenvalue weighted by molar-refractivity contribution is 7.80. The molecule has 132 valence electrons. The Morgan fingerprint density at radius 2 is 1.68 bits per heavy atom. The molecule has 0 aromatic rings. The van der Waals surface area contributed by atoms with Crippen LogP contribution in [-0.4, -0.2) is 31.7 Å². The maximum Gasteiger partial charge on any atom is 0.398 e. The van der Waals surface area contributed by atoms with E-state index in [-0.39, 0.29) is 12.5 Å². The highest BCUT2D eigenvalue weighted by Gasteiger charge is 2.22. The number of hydrogen-bond acceptors (Lipinski definition) is 5. The molecule has 2 atom stereocenters. The molecule has 0 saturated heterocycles. The van der Waals surface area contributed by atoms with E-state index in [1.807, 2.05) is 6.92 Å². The molecule has 0 saturated carbocycles. The van der Waals surface area contributed by atoms with Crippen LogP contribution in [-0.2, 0) is 24.1 Å². The van der Waals surface area contributed by atoms with Crippen molar-refractivity contribution in [2.45, 2.75) is 78.2 Å². The van der Waals surface area contributed by atoms with Crippen LogP contribution in [0.1, 0.15) is 72.1 Å². The minimum Gasteiger partial charge on any atom is -0.463 e. The SMILES string of the molecule is CCCCCCCCC(CC)COC(=O)C(C)OS(=O)(=O)O. The van der Waals surface area contributed by atoms with E-state index >= 15 is 0 Å². The molecule has 0 aromatic carbocycles. The number of carbonyl (C=O) groups is 1. The van der Waals surface area contributed by atoms with Gasteiger partial charge in [-0.15, -0.1) is 0 Å². The van der Waals surface area contributed by atoms with Gasteiger partial charge in [0.25, 0.3) is 0 Å². The standard InChI is InChI=1S/C15H30O6S/c1-4-6-7-8-9-10-11-14(5-2)12-20-15(16)13(3)21-22(17,18)19/h13-14H,4-12H2,1-3H3,(H,17,18,19). The molecule has 2 unspecified atom stereocenters. The average Bonchev–Trinajstić information content (AvgIpc) is 2.43. The topological polar surface area (TPSA) is 89.9 Å². The third-order valence-electron chi connectivity index (χ3n) is 3.60. The summed E-state index contributed by atoms with van der Waals surface area (Å²) in [5.41, 5.74) is 0. The summed E-state index contributed by atoms with van der Waals surface area (Å²) < 4.78 is 38.8. The largest absolute Gasteiger partial charge is 0.463 e. The van der Waals surface area contributed by atoms with Crippen molar-refractivity contribution in [2.24, 2.45) is 5.92 Å². The van der Waals surface area contributed by atoms with Crippen molar-refractivity contribution in [3.8, 4) is 0 Å². The highest BCUT2D eigenvalue weighted by Crippen LogP contribution is 2.16. The van der Waals surface area contributed by atoms with Gasteiger partial charge < -0.3 is 4.74 Å². The molecule has 0 spiro atoms. The Kier molecular flexibility index (Phi) is 11.5. The lowest BCUT2D eigenvalue weighted by atomic mass is 9.98. The van der Waals surface area contributed by atoms with Gasteiger partial charge in [-0.05, 0) is 19.3 Å². The normalized spacial score (nSPS) is 14.5. The predicted octanol–water partition coefficient (Wildman–Crippen LogP) is 3.51. The van der Waals surface area contributed by atoms with Gasteiger partial charge in [0, 0.05) is 0 Å². The summed E-state index contributed by atoms with van der Waals surface area (Å²) in [7, 11) is -4.64. The van der Waals surface area contributed by atoms with E-state index in [1.165, 1.54) is 39.0 Å². The number of hydrogen-bond donors (Lipinski definition) is 1. The number of rotatable bonds is 13. The predicted molar refractivity (Wildman–Crippen MR) is 84.8 cm³/mol. The van der Waals surface area contributed by atoms with Gasteiger partial charge in [-0.2, -0.15) is 8.42 Å². The zero-order valence-electron chi connectivity index (χ0n) is 13.9. The Bertz CT molecular complexity index is 393. The molecule has 22 heavy (non-hydrogen) atoms. The molecule has 0 fully saturated rings. The molecule has 0 amide bonds. The quantitative estimate of drug-likeness (QED) is 0.314. The molecule has 0 radical (unpaired) electrons. The van der Waals surface area contributed by atoms with Crippen LogP contribution in [0.4, 0.5) is 0 Å². The molecule has 0 aromatic heterocycles. The van der Waals surface area contributed by atoms with Crippen LogP contribution < -0.4 is 0 Å². The molecule has 0 rings (SSSR count). The maximum absolute atomic E-state index is 11.6. The fourth-order valence-corrected chi connectivity index (χ4v) is 2.60. The van der Waals surface area contributed by atoms with Crippen molar-refractivity contribution in [2.75, 3.05) is 6.61 Å². The molecular formula is C15H30O6S. The van der Waals surface area contributed by atoms with Gasteiger partial charge >= 0.3 is 16.4 Å². The number of ether oxygens (including phenoxy) is 1. The lowest BCUT2D eigenvalue weighted by Gasteiger charge is -2.16. The van der Waals surface area contributed by atoms with Gasteiger partial charge in [0.2, 0.25) is 0 Å². The van der Waals surface area contributed by atoms with Gasteiger partial charge in [0.15, 0.2) is 6.10 Å². The van der Waals surface area contributed by atoms with Crippen molar-refractivity contribution in [1.82, 2.24) is 0 Å². The van der Waals surface area contributed by atoms with Crippen molar-refractivity contribution in [1.29, 1.82) is 0 Å². The second kappa shape index (κ2) is 11.8. The lowest BCUT2D eigenvalue weighted by molar-refractivity contribution is -0.152. The molecule has 0 heterocycles. The summed E-state index contributed by atoms with van der Waals surface area (Å²) in [6.07, 6.45) is 7.87. The zero-order chi connectivity index (χ0) is 17.0. The number of esters is 1. The third-order valence-corrected chi connectivity index (χ3v) is 4.13. The van der Waals surface area contributed by atoms with Crippen LogP contribution >= 0.6 is 0 Å². The van der Waals surface area contributed by atoms with E-state index in [4.69, 9.17) is 9.29 Å². The van der Waals surface area contributed by atoms with Crippen LogP contribution in [0, 0.1) is 5.92 Å². The first-order chi connectivity index (χ1) is 10.3. The van der Waals surface area contributed by atoms with Gasteiger partial charge in [-0.1, -0.05) is 58.8 Å². The molecule has 0 aliphatic rings. The van der Waals surface area contributed by atoms with E-state index in [1.54, 1.807) is 0 Å². The first-order valence-corrected chi connectivity index (χ1v) is 9.49. The Balaban J connectivity index is 3.91. The minimum atomic E-state index is -4.64. The Morgan fingerprint density at radius 1 is 1.09 bits per heavy atom. The summed E-state index contributed by atoms with van der Waals surface area (Å²) in [6.45, 7) is 5.70. The first-order valence-electron chi connectivity index (χ1n) is 8.12. The molecule has 0 bridgehead atoms. The summed E-state index contributed by atoms with van der Waals surface area (Å²) in [5, 5.41) is 0. The van der Waals surface area contributed by atoms with Crippen molar-refractivity contribution in [3.05, 3.63) is 0 Å². The van der Waals surface area contributed by atoms with Crippen LogP contribution in [0.3, 0.4) is 0 Å². The molecule has 6 nitrogen and oxygen atoms in total. The van der Waals surface area contributed by atoms with Gasteiger partial charge in [-0.3, -0.25) is 4.55 Å². The molecule has 0 aliphatic carbocycles. The van der Waals surface area contributed by atoms with Crippen LogP contribution in [0.5, 0.6) is 0 Å². The van der Waals surface area contributed by atoms with E-state index in [0.717, 1.165) is 19.3 Å². The third kappa shape index (κ3) is 11.9. The zero-order valence-corrected chi connectivity index (χ0v) is 14.7. The minimum absolute atomic E-state index is 0.253. The van der Waals surface area contributed by atoms with E-state index < -0.39 is 22.5 Å². The van der Waals surface area contributed by atoms with Crippen LogP contribution in [0.15, 0.2) is 0 Å². The van der Waals surface area contributed by atoms with Gasteiger partial charge in [0.05, 0.1) is 6.61 Å². The summed E-state index contributed by atoms with van der Waals surface area (Å²) in [6, 6.07) is 0. The van der Waals surface area contributed by atoms with E-state index in [2.05, 4.69) is 11.1 Å². The summed E-state index contributed by atoms with van der Waals surface area (Å²) >= 11 is 0. The fraction of sp³-hybridized carbons (Fsp3) is 0.933.